The summed E-state index contributed by atoms with van der Waals surface area (Å²) in [4.78, 5) is 12.5. The third-order valence-electron chi connectivity index (χ3n) is 6.93. The maximum Gasteiger partial charge on any atom is 0.331 e. The molecule has 13 heteroatoms. The van der Waals surface area contributed by atoms with E-state index in [0.717, 1.165) is 6.08 Å². The monoisotopic (exact) mass is 526 g/mol. The molecule has 1 aliphatic carbocycles. The third kappa shape index (κ3) is 5.23. The Morgan fingerprint density at radius 3 is 2.38 bits per heavy atom. The number of fused-ring (bicyclic) bond motifs is 1. The summed E-state index contributed by atoms with van der Waals surface area (Å²) in [6.07, 6.45) is -7.50. The average Bonchev–Trinajstić information content (AvgIpc) is 3.11. The van der Waals surface area contributed by atoms with Crippen molar-refractivity contribution in [2.75, 3.05) is 13.2 Å². The van der Waals surface area contributed by atoms with Gasteiger partial charge in [-0.05, 0) is 29.8 Å². The van der Waals surface area contributed by atoms with Crippen molar-refractivity contribution in [3.05, 3.63) is 48.2 Å². The van der Waals surface area contributed by atoms with E-state index in [1.54, 1.807) is 12.1 Å². The van der Waals surface area contributed by atoms with E-state index < -0.39 is 85.8 Å². The second-order valence-electron chi connectivity index (χ2n) is 9.19. The molecule has 1 saturated carbocycles. The van der Waals surface area contributed by atoms with Crippen molar-refractivity contribution in [2.24, 2.45) is 11.8 Å². The first-order chi connectivity index (χ1) is 17.6. The lowest BCUT2D eigenvalue weighted by Crippen LogP contribution is -2.61. The van der Waals surface area contributed by atoms with Crippen molar-refractivity contribution in [3.63, 3.8) is 0 Å². The van der Waals surface area contributed by atoms with Gasteiger partial charge < -0.3 is 59.8 Å². The lowest BCUT2D eigenvalue weighted by molar-refractivity contribution is -0.348. The molecule has 0 radical (unpaired) electrons. The third-order valence-corrected chi connectivity index (χ3v) is 6.93. The molecule has 2 heterocycles. The Labute approximate surface area is 211 Å². The van der Waals surface area contributed by atoms with Crippen LogP contribution in [0.4, 0.5) is 0 Å². The van der Waals surface area contributed by atoms with Crippen LogP contribution in [0.25, 0.3) is 6.08 Å². The highest BCUT2D eigenvalue weighted by molar-refractivity contribution is 5.87. The molecule has 0 amide bonds. The molecule has 0 bridgehead atoms. The van der Waals surface area contributed by atoms with E-state index >= 15 is 0 Å². The zero-order valence-corrected chi connectivity index (χ0v) is 19.4. The molecule has 8 N–H and O–H groups in total. The Morgan fingerprint density at radius 1 is 1.03 bits per heavy atom. The highest BCUT2D eigenvalue weighted by atomic mass is 16.8. The zero-order valence-electron chi connectivity index (χ0n) is 19.4. The minimum Gasteiger partial charge on any atom is -0.508 e. The van der Waals surface area contributed by atoms with Crippen LogP contribution in [-0.4, -0.2) is 115 Å². The number of benzene rings is 1. The molecule has 13 nitrogen and oxygen atoms in total. The van der Waals surface area contributed by atoms with E-state index in [4.69, 9.17) is 18.9 Å². The Morgan fingerprint density at radius 2 is 1.73 bits per heavy atom. The second kappa shape index (κ2) is 11.0. The van der Waals surface area contributed by atoms with Gasteiger partial charge in [0.05, 0.1) is 25.4 Å². The smallest absolute Gasteiger partial charge is 0.331 e. The highest BCUT2D eigenvalue weighted by Crippen LogP contribution is 2.48. The number of ether oxygens (including phenoxy) is 4. The summed E-state index contributed by atoms with van der Waals surface area (Å²) < 4.78 is 21.8. The first-order valence-electron chi connectivity index (χ1n) is 11.6. The summed E-state index contributed by atoms with van der Waals surface area (Å²) >= 11 is 0. The zero-order chi connectivity index (χ0) is 26.9. The van der Waals surface area contributed by atoms with Gasteiger partial charge >= 0.3 is 5.97 Å². The Hall–Kier alpha value is -2.59. The van der Waals surface area contributed by atoms with E-state index in [-0.39, 0.29) is 5.75 Å². The van der Waals surface area contributed by atoms with Crippen molar-refractivity contribution < 1.29 is 64.6 Å². The Kier molecular flexibility index (Phi) is 8.18. The number of esters is 1. The molecule has 4 rings (SSSR count). The number of aliphatic hydroxyl groups excluding tert-OH is 6. The fourth-order valence-corrected chi connectivity index (χ4v) is 4.87. The van der Waals surface area contributed by atoms with Crippen LogP contribution < -0.4 is 0 Å². The van der Waals surface area contributed by atoms with Gasteiger partial charge in [-0.15, -0.1) is 0 Å². The fourth-order valence-electron chi connectivity index (χ4n) is 4.87. The van der Waals surface area contributed by atoms with Gasteiger partial charge in [0, 0.05) is 12.0 Å². The lowest BCUT2D eigenvalue weighted by atomic mass is 9.83. The summed E-state index contributed by atoms with van der Waals surface area (Å²) in [6.45, 7) is -1.67. The number of carbonyl (C=O) groups is 1. The molecule has 0 aromatic heterocycles. The molecule has 0 unspecified atom stereocenters. The minimum absolute atomic E-state index is 0.0509. The van der Waals surface area contributed by atoms with Gasteiger partial charge in [-0.2, -0.15) is 0 Å². The van der Waals surface area contributed by atoms with Crippen LogP contribution >= 0.6 is 0 Å². The van der Waals surface area contributed by atoms with Crippen molar-refractivity contribution in [1.29, 1.82) is 0 Å². The molecule has 1 aromatic carbocycles. The number of hydrogen-bond donors (Lipinski definition) is 8. The topological polar surface area (TPSA) is 216 Å². The predicted molar refractivity (Wildman–Crippen MR) is 121 cm³/mol. The largest absolute Gasteiger partial charge is 0.508 e. The predicted octanol–water partition coefficient (Wildman–Crippen LogP) is -2.67. The second-order valence-corrected chi connectivity index (χ2v) is 9.19. The standard InChI is InChI=1S/C24H30O13/c25-9-14-17(29)18(30)19(31)23(35-14)37-22-16-13(7-8-34-22)20(21(32)24(16,33)10-26)36-15(28)6-3-11-1-4-12(27)5-2-11/h1-8,13-14,16-23,25-27,29-33H,9-10H2/b6-3+/t13-,14-,16-,17-,18+,19-,20+,21-,22+,23+,24+/m1/s1. The van der Waals surface area contributed by atoms with Crippen molar-refractivity contribution in [1.82, 2.24) is 0 Å². The van der Waals surface area contributed by atoms with E-state index in [2.05, 4.69) is 0 Å². The molecule has 1 aromatic rings. The molecule has 2 fully saturated rings. The minimum atomic E-state index is -2.28. The Bertz CT molecular complexity index is 995. The molecule has 1 saturated heterocycles. The molecular formula is C24H30O13. The first-order valence-corrected chi connectivity index (χ1v) is 11.6. The normalized spacial score (nSPS) is 41.4. The SMILES string of the molecule is O=C(/C=C/c1ccc(O)cc1)O[C@H]1[C@@H]2C=CO[C@@H](O[C@@H]3O[C@H](CO)[C@@H](O)[C@H](O)[C@H]3O)[C@@H]2[C@@](O)(CO)[C@@H]1O. The van der Waals surface area contributed by atoms with Crippen LogP contribution in [0, 0.1) is 11.8 Å². The average molecular weight is 526 g/mol. The highest BCUT2D eigenvalue weighted by Gasteiger charge is 2.65. The number of carbonyl (C=O) groups excluding carboxylic acids is 1. The van der Waals surface area contributed by atoms with Gasteiger partial charge in [0.15, 0.2) is 6.29 Å². The molecule has 3 aliphatic rings. The van der Waals surface area contributed by atoms with Crippen LogP contribution in [0.15, 0.2) is 42.7 Å². The van der Waals surface area contributed by atoms with E-state index in [9.17, 15) is 45.6 Å². The molecule has 11 atom stereocenters. The lowest BCUT2D eigenvalue weighted by Gasteiger charge is -2.43. The van der Waals surface area contributed by atoms with Gasteiger partial charge in [0.2, 0.25) is 6.29 Å². The van der Waals surface area contributed by atoms with Crippen molar-refractivity contribution in [2.45, 2.75) is 54.8 Å². The van der Waals surface area contributed by atoms with Crippen molar-refractivity contribution in [3.8, 4) is 5.75 Å². The summed E-state index contributed by atoms with van der Waals surface area (Å²) in [6, 6.07) is 5.98. The van der Waals surface area contributed by atoms with Gasteiger partial charge in [-0.1, -0.05) is 12.1 Å². The number of phenols is 1. The number of aromatic hydroxyl groups is 1. The van der Waals surface area contributed by atoms with E-state index in [1.807, 2.05) is 0 Å². The number of hydrogen-bond acceptors (Lipinski definition) is 13. The summed E-state index contributed by atoms with van der Waals surface area (Å²) in [5.41, 5.74) is -1.69. The quantitative estimate of drug-likeness (QED) is 0.135. The molecule has 0 spiro atoms. The molecule has 204 valence electrons. The maximum absolute atomic E-state index is 12.5. The van der Waals surface area contributed by atoms with Crippen LogP contribution in [0.2, 0.25) is 0 Å². The molecular weight excluding hydrogens is 496 g/mol. The Balaban J connectivity index is 1.51. The van der Waals surface area contributed by atoms with Crippen molar-refractivity contribution >= 4 is 12.0 Å². The van der Waals surface area contributed by atoms with Crippen LogP contribution in [0.1, 0.15) is 5.56 Å². The van der Waals surface area contributed by atoms with Gasteiger partial charge in [-0.25, -0.2) is 4.79 Å². The van der Waals surface area contributed by atoms with Crippen LogP contribution in [-0.2, 0) is 23.7 Å². The van der Waals surface area contributed by atoms with Gasteiger partial charge in [0.25, 0.3) is 0 Å². The first kappa shape index (κ1) is 27.4. The molecule has 2 aliphatic heterocycles. The van der Waals surface area contributed by atoms with E-state index in [1.165, 1.54) is 30.5 Å². The maximum atomic E-state index is 12.5. The number of phenolic OH excluding ortho intramolecular Hbond substituents is 1. The number of aliphatic hydroxyl groups is 7. The summed E-state index contributed by atoms with van der Waals surface area (Å²) in [7, 11) is 0. The van der Waals surface area contributed by atoms with Crippen LogP contribution in [0.3, 0.4) is 0 Å². The van der Waals surface area contributed by atoms with Gasteiger partial charge in [-0.3, -0.25) is 0 Å². The van der Waals surface area contributed by atoms with Crippen LogP contribution in [0.5, 0.6) is 5.75 Å². The molecule has 37 heavy (non-hydrogen) atoms. The number of rotatable bonds is 7. The van der Waals surface area contributed by atoms with E-state index in [0.29, 0.717) is 5.56 Å². The van der Waals surface area contributed by atoms with Gasteiger partial charge in [0.1, 0.15) is 48.0 Å². The summed E-state index contributed by atoms with van der Waals surface area (Å²) in [5.74, 6) is -2.95. The summed E-state index contributed by atoms with van der Waals surface area (Å²) in [5, 5.41) is 81.1. The fraction of sp³-hybridized carbons (Fsp3) is 0.542.